The summed E-state index contributed by atoms with van der Waals surface area (Å²) in [5.74, 6) is -0.568. The van der Waals surface area contributed by atoms with Crippen LogP contribution in [0.1, 0.15) is 0 Å². The molecule has 0 unspecified atom stereocenters. The zero-order valence-electron chi connectivity index (χ0n) is 17.2. The Morgan fingerprint density at radius 2 is 0.938 bits per heavy atom. The van der Waals surface area contributed by atoms with E-state index in [2.05, 4.69) is 42.5 Å². The van der Waals surface area contributed by atoms with Gasteiger partial charge in [-0.1, -0.05) is 91.0 Å². The van der Waals surface area contributed by atoms with Gasteiger partial charge in [0.15, 0.2) is 0 Å². The lowest BCUT2D eigenvalue weighted by molar-refractivity contribution is 0.627. The van der Waals surface area contributed by atoms with Crippen molar-refractivity contribution < 1.29 is 8.78 Å². The van der Waals surface area contributed by atoms with Crippen molar-refractivity contribution in [2.45, 2.75) is 0 Å². The van der Waals surface area contributed by atoms with Crippen molar-refractivity contribution in [2.24, 2.45) is 0 Å². The molecule has 0 fully saturated rings. The first kappa shape index (κ1) is 19.9. The Hall–Kier alpha value is -4.04. The SMILES string of the molecule is Fc1ccc(-c2cc[c]c(-c3ccc(-c4ccccc4)cc3)c2-c2ccc(F)cc2)cc1. The van der Waals surface area contributed by atoms with Crippen LogP contribution in [0.25, 0.3) is 44.5 Å². The first-order chi connectivity index (χ1) is 15.7. The molecule has 0 amide bonds. The number of rotatable bonds is 4. The lowest BCUT2D eigenvalue weighted by atomic mass is 9.87. The maximum atomic E-state index is 13.6. The third kappa shape index (κ3) is 3.95. The van der Waals surface area contributed by atoms with E-state index in [1.807, 2.05) is 30.3 Å². The fourth-order valence-corrected chi connectivity index (χ4v) is 3.97. The van der Waals surface area contributed by atoms with E-state index in [1.165, 1.54) is 24.3 Å². The monoisotopic (exact) mass is 417 g/mol. The highest BCUT2D eigenvalue weighted by Gasteiger charge is 2.15. The number of hydrogen-bond acceptors (Lipinski definition) is 0. The first-order valence-corrected chi connectivity index (χ1v) is 10.4. The van der Waals surface area contributed by atoms with Crippen LogP contribution in [0.4, 0.5) is 8.78 Å². The molecule has 1 radical (unpaired) electrons. The third-order valence-electron chi connectivity index (χ3n) is 5.57. The maximum absolute atomic E-state index is 13.6. The lowest BCUT2D eigenvalue weighted by Crippen LogP contribution is -1.91. The van der Waals surface area contributed by atoms with E-state index >= 15 is 0 Å². The minimum atomic E-state index is -0.286. The van der Waals surface area contributed by atoms with E-state index in [1.54, 1.807) is 24.3 Å². The Labute approximate surface area is 186 Å². The van der Waals surface area contributed by atoms with Crippen LogP contribution < -0.4 is 0 Å². The van der Waals surface area contributed by atoms with E-state index in [9.17, 15) is 8.78 Å². The van der Waals surface area contributed by atoms with Crippen LogP contribution in [0, 0.1) is 17.7 Å². The summed E-state index contributed by atoms with van der Waals surface area (Å²) in [7, 11) is 0. The van der Waals surface area contributed by atoms with Crippen LogP contribution in [0.3, 0.4) is 0 Å². The summed E-state index contributed by atoms with van der Waals surface area (Å²) in [6.45, 7) is 0. The largest absolute Gasteiger partial charge is 0.207 e. The summed E-state index contributed by atoms with van der Waals surface area (Å²) < 4.78 is 27.2. The molecule has 5 aromatic carbocycles. The molecule has 0 aliphatic heterocycles. The molecule has 0 saturated carbocycles. The van der Waals surface area contributed by atoms with Crippen molar-refractivity contribution in [2.75, 3.05) is 0 Å². The highest BCUT2D eigenvalue weighted by Crippen LogP contribution is 2.40. The van der Waals surface area contributed by atoms with Crippen LogP contribution in [0.5, 0.6) is 0 Å². The number of hydrogen-bond donors (Lipinski definition) is 0. The summed E-state index contributed by atoms with van der Waals surface area (Å²) in [4.78, 5) is 0. The molecule has 2 heteroatoms. The minimum absolute atomic E-state index is 0.281. The van der Waals surface area contributed by atoms with E-state index in [0.29, 0.717) is 0 Å². The van der Waals surface area contributed by atoms with E-state index in [0.717, 1.165) is 44.5 Å². The molecule has 0 nitrogen and oxygen atoms in total. The van der Waals surface area contributed by atoms with Gasteiger partial charge in [-0.15, -0.1) is 0 Å². The molecule has 0 spiro atoms. The molecule has 0 N–H and O–H groups in total. The molecular weight excluding hydrogens is 398 g/mol. The normalized spacial score (nSPS) is 10.8. The molecule has 0 atom stereocenters. The Balaban J connectivity index is 1.67. The van der Waals surface area contributed by atoms with Crippen LogP contribution in [-0.2, 0) is 0 Å². The zero-order chi connectivity index (χ0) is 21.9. The lowest BCUT2D eigenvalue weighted by Gasteiger charge is -2.16. The van der Waals surface area contributed by atoms with Crippen LogP contribution in [-0.4, -0.2) is 0 Å². The van der Waals surface area contributed by atoms with Crippen molar-refractivity contribution in [3.05, 3.63) is 133 Å². The van der Waals surface area contributed by atoms with Gasteiger partial charge in [-0.05, 0) is 74.8 Å². The Kier molecular flexibility index (Phi) is 5.35. The maximum Gasteiger partial charge on any atom is 0.123 e. The van der Waals surface area contributed by atoms with Crippen LogP contribution in [0.15, 0.2) is 115 Å². The minimum Gasteiger partial charge on any atom is -0.207 e. The molecule has 0 aliphatic rings. The summed E-state index contributed by atoms with van der Waals surface area (Å²) in [5.41, 5.74) is 7.86. The van der Waals surface area contributed by atoms with Crippen molar-refractivity contribution in [1.82, 2.24) is 0 Å². The second-order valence-corrected chi connectivity index (χ2v) is 7.60. The van der Waals surface area contributed by atoms with Crippen molar-refractivity contribution in [3.8, 4) is 44.5 Å². The van der Waals surface area contributed by atoms with Crippen molar-refractivity contribution in [3.63, 3.8) is 0 Å². The number of halogens is 2. The zero-order valence-corrected chi connectivity index (χ0v) is 17.2. The summed E-state index contributed by atoms with van der Waals surface area (Å²) in [5, 5.41) is 0. The molecule has 153 valence electrons. The van der Waals surface area contributed by atoms with Gasteiger partial charge in [0, 0.05) is 0 Å². The second-order valence-electron chi connectivity index (χ2n) is 7.60. The van der Waals surface area contributed by atoms with Gasteiger partial charge in [0.05, 0.1) is 0 Å². The predicted molar refractivity (Wildman–Crippen MR) is 127 cm³/mol. The van der Waals surface area contributed by atoms with Crippen molar-refractivity contribution >= 4 is 0 Å². The average molecular weight is 417 g/mol. The van der Waals surface area contributed by atoms with Gasteiger partial charge in [-0.3, -0.25) is 0 Å². The Morgan fingerprint density at radius 1 is 0.438 bits per heavy atom. The smallest absolute Gasteiger partial charge is 0.123 e. The molecular formula is C30H19F2. The van der Waals surface area contributed by atoms with E-state index < -0.39 is 0 Å². The Morgan fingerprint density at radius 3 is 1.56 bits per heavy atom. The van der Waals surface area contributed by atoms with E-state index in [4.69, 9.17) is 0 Å². The molecule has 0 aromatic heterocycles. The van der Waals surface area contributed by atoms with Gasteiger partial charge in [0.25, 0.3) is 0 Å². The third-order valence-corrected chi connectivity index (χ3v) is 5.57. The van der Waals surface area contributed by atoms with Crippen molar-refractivity contribution in [1.29, 1.82) is 0 Å². The van der Waals surface area contributed by atoms with Gasteiger partial charge >= 0.3 is 0 Å². The first-order valence-electron chi connectivity index (χ1n) is 10.4. The molecule has 32 heavy (non-hydrogen) atoms. The van der Waals surface area contributed by atoms with E-state index in [-0.39, 0.29) is 11.6 Å². The highest BCUT2D eigenvalue weighted by atomic mass is 19.1. The number of benzene rings is 5. The quantitative estimate of drug-likeness (QED) is 0.275. The molecule has 0 heterocycles. The Bertz CT molecular complexity index is 1340. The van der Waals surface area contributed by atoms with Gasteiger partial charge < -0.3 is 0 Å². The fraction of sp³-hybridized carbons (Fsp3) is 0. The predicted octanol–water partition coefficient (Wildman–Crippen LogP) is 8.43. The van der Waals surface area contributed by atoms with Gasteiger partial charge in [-0.25, -0.2) is 8.78 Å². The second kappa shape index (κ2) is 8.60. The topological polar surface area (TPSA) is 0 Å². The van der Waals surface area contributed by atoms with Gasteiger partial charge in [0.2, 0.25) is 0 Å². The highest BCUT2D eigenvalue weighted by molar-refractivity contribution is 5.94. The average Bonchev–Trinajstić information content (AvgIpc) is 2.85. The summed E-state index contributed by atoms with van der Waals surface area (Å²) in [6.07, 6.45) is 0. The molecule has 0 bridgehead atoms. The summed E-state index contributed by atoms with van der Waals surface area (Å²) in [6, 6.07) is 38.7. The van der Waals surface area contributed by atoms with Crippen LogP contribution >= 0.6 is 0 Å². The molecule has 0 saturated heterocycles. The van der Waals surface area contributed by atoms with Gasteiger partial charge in [0.1, 0.15) is 11.6 Å². The molecule has 5 aromatic rings. The molecule has 5 rings (SSSR count). The van der Waals surface area contributed by atoms with Gasteiger partial charge in [-0.2, -0.15) is 0 Å². The van der Waals surface area contributed by atoms with Crippen LogP contribution in [0.2, 0.25) is 0 Å². The summed E-state index contributed by atoms with van der Waals surface area (Å²) >= 11 is 0. The fourth-order valence-electron chi connectivity index (χ4n) is 3.97. The standard InChI is InChI=1S/C30H19F2/c31-26-17-13-24(14-18-26)29-8-4-7-28(30(29)25-15-19-27(32)20-16-25)23-11-9-22(10-12-23)21-5-2-1-3-6-21/h1-6,8-20H. The molecule has 0 aliphatic carbocycles.